The van der Waals surface area contributed by atoms with Gasteiger partial charge in [0.2, 0.25) is 16.0 Å². The van der Waals surface area contributed by atoms with Crippen molar-refractivity contribution < 1.29 is 8.42 Å². The number of halogens is 2. The molecular weight excluding hydrogens is 385 g/mol. The van der Waals surface area contributed by atoms with E-state index in [0.717, 1.165) is 6.42 Å². The van der Waals surface area contributed by atoms with Crippen molar-refractivity contribution in [3.8, 4) is 0 Å². The SMILES string of the molecule is CCCCS(=O)(=O)Nc1cnc(Nc2ccc(Cl)c(Cl)c2)nc1NC. The second-order valence-corrected chi connectivity index (χ2v) is 7.89. The minimum absolute atomic E-state index is 0.0515. The quantitative estimate of drug-likeness (QED) is 0.613. The molecule has 3 N–H and O–H groups in total. The maximum absolute atomic E-state index is 12.0. The predicted octanol–water partition coefficient (Wildman–Crippen LogP) is 4.11. The summed E-state index contributed by atoms with van der Waals surface area (Å²) in [7, 11) is -1.79. The van der Waals surface area contributed by atoms with E-state index in [0.29, 0.717) is 39.6 Å². The normalized spacial score (nSPS) is 11.2. The Balaban J connectivity index is 2.19. The lowest BCUT2D eigenvalue weighted by atomic mass is 10.3. The number of unbranched alkanes of at least 4 members (excludes halogenated alkanes) is 1. The van der Waals surface area contributed by atoms with Crippen molar-refractivity contribution in [3.63, 3.8) is 0 Å². The third-order valence-electron chi connectivity index (χ3n) is 3.23. The maximum Gasteiger partial charge on any atom is 0.232 e. The summed E-state index contributed by atoms with van der Waals surface area (Å²) < 4.78 is 26.6. The molecule has 25 heavy (non-hydrogen) atoms. The van der Waals surface area contributed by atoms with Gasteiger partial charge in [0.05, 0.1) is 22.0 Å². The molecule has 0 aliphatic carbocycles. The molecule has 0 radical (unpaired) electrons. The number of aromatic nitrogens is 2. The topological polar surface area (TPSA) is 96.0 Å². The van der Waals surface area contributed by atoms with Crippen LogP contribution in [0.15, 0.2) is 24.4 Å². The fraction of sp³-hybridized carbons (Fsp3) is 0.333. The number of hydrogen-bond acceptors (Lipinski definition) is 6. The van der Waals surface area contributed by atoms with Gasteiger partial charge in [0, 0.05) is 12.7 Å². The number of sulfonamides is 1. The molecule has 0 atom stereocenters. The third kappa shape index (κ3) is 5.62. The Morgan fingerprint density at radius 2 is 1.96 bits per heavy atom. The number of rotatable bonds is 8. The maximum atomic E-state index is 12.0. The molecule has 2 rings (SSSR count). The zero-order valence-electron chi connectivity index (χ0n) is 13.8. The molecule has 1 heterocycles. The van der Waals surface area contributed by atoms with Crippen molar-refractivity contribution in [2.45, 2.75) is 19.8 Å². The Morgan fingerprint density at radius 3 is 2.60 bits per heavy atom. The highest BCUT2D eigenvalue weighted by molar-refractivity contribution is 7.92. The van der Waals surface area contributed by atoms with Gasteiger partial charge in [0.25, 0.3) is 0 Å². The summed E-state index contributed by atoms with van der Waals surface area (Å²) in [5.41, 5.74) is 0.950. The number of anilines is 4. The van der Waals surface area contributed by atoms with Crippen LogP contribution < -0.4 is 15.4 Å². The summed E-state index contributed by atoms with van der Waals surface area (Å²) in [6.45, 7) is 1.93. The molecular formula is C15H19Cl2N5O2S. The highest BCUT2D eigenvalue weighted by Gasteiger charge is 2.14. The van der Waals surface area contributed by atoms with Gasteiger partial charge in [-0.3, -0.25) is 4.72 Å². The molecule has 2 aromatic rings. The van der Waals surface area contributed by atoms with E-state index in [1.165, 1.54) is 6.20 Å². The molecule has 0 spiro atoms. The largest absolute Gasteiger partial charge is 0.371 e. The molecule has 0 saturated heterocycles. The second kappa shape index (κ2) is 8.55. The number of hydrogen-bond donors (Lipinski definition) is 3. The lowest BCUT2D eigenvalue weighted by Gasteiger charge is -2.13. The second-order valence-electron chi connectivity index (χ2n) is 5.23. The van der Waals surface area contributed by atoms with E-state index >= 15 is 0 Å². The van der Waals surface area contributed by atoms with Gasteiger partial charge >= 0.3 is 0 Å². The molecule has 136 valence electrons. The van der Waals surface area contributed by atoms with Crippen LogP contribution >= 0.6 is 23.2 Å². The first-order valence-electron chi connectivity index (χ1n) is 7.62. The van der Waals surface area contributed by atoms with Crippen LogP contribution in [0.3, 0.4) is 0 Å². The number of nitrogens with zero attached hydrogens (tertiary/aromatic N) is 2. The average molecular weight is 404 g/mol. The molecule has 0 aliphatic rings. The Morgan fingerprint density at radius 1 is 1.20 bits per heavy atom. The van der Waals surface area contributed by atoms with E-state index in [4.69, 9.17) is 23.2 Å². The minimum atomic E-state index is -3.43. The Bertz CT molecular complexity index is 846. The van der Waals surface area contributed by atoms with E-state index in [1.807, 2.05) is 6.92 Å². The van der Waals surface area contributed by atoms with Crippen LogP contribution in [-0.2, 0) is 10.0 Å². The van der Waals surface area contributed by atoms with Crippen molar-refractivity contribution in [2.75, 3.05) is 28.2 Å². The van der Waals surface area contributed by atoms with Crippen LogP contribution in [-0.4, -0.2) is 31.2 Å². The first-order chi connectivity index (χ1) is 11.8. The van der Waals surface area contributed by atoms with Gasteiger partial charge in [0.15, 0.2) is 5.82 Å². The van der Waals surface area contributed by atoms with Gasteiger partial charge in [-0.05, 0) is 24.6 Å². The van der Waals surface area contributed by atoms with E-state index in [9.17, 15) is 8.42 Å². The van der Waals surface area contributed by atoms with E-state index in [2.05, 4.69) is 25.3 Å². The van der Waals surface area contributed by atoms with Crippen LogP contribution in [0.2, 0.25) is 10.0 Å². The van der Waals surface area contributed by atoms with Gasteiger partial charge in [-0.1, -0.05) is 36.5 Å². The van der Waals surface area contributed by atoms with Crippen LogP contribution in [0.4, 0.5) is 23.1 Å². The van der Waals surface area contributed by atoms with E-state index < -0.39 is 10.0 Å². The molecule has 0 fully saturated rings. The van der Waals surface area contributed by atoms with Gasteiger partial charge in [-0.25, -0.2) is 13.4 Å². The zero-order chi connectivity index (χ0) is 18.4. The first-order valence-corrected chi connectivity index (χ1v) is 10.0. The first kappa shape index (κ1) is 19.6. The summed E-state index contributed by atoms with van der Waals surface area (Å²) in [6, 6.07) is 5.03. The monoisotopic (exact) mass is 403 g/mol. The van der Waals surface area contributed by atoms with Crippen LogP contribution in [0, 0.1) is 0 Å². The van der Waals surface area contributed by atoms with Gasteiger partial charge in [0.1, 0.15) is 5.69 Å². The molecule has 0 aliphatic heterocycles. The van der Waals surface area contributed by atoms with Crippen molar-refractivity contribution in [1.82, 2.24) is 9.97 Å². The van der Waals surface area contributed by atoms with E-state index in [1.54, 1.807) is 25.2 Å². The fourth-order valence-electron chi connectivity index (χ4n) is 1.96. The summed E-state index contributed by atoms with van der Waals surface area (Å²) in [4.78, 5) is 8.40. The Kier molecular flexibility index (Phi) is 6.69. The number of benzene rings is 1. The Hall–Kier alpha value is -1.77. The van der Waals surface area contributed by atoms with Gasteiger partial charge < -0.3 is 10.6 Å². The number of nitrogens with one attached hydrogen (secondary N) is 3. The molecule has 10 heteroatoms. The van der Waals surface area contributed by atoms with Crippen molar-refractivity contribution in [1.29, 1.82) is 0 Å². The van der Waals surface area contributed by atoms with Crippen LogP contribution in [0.25, 0.3) is 0 Å². The molecule has 0 saturated carbocycles. The van der Waals surface area contributed by atoms with E-state index in [-0.39, 0.29) is 5.75 Å². The summed E-state index contributed by atoms with van der Waals surface area (Å²) in [5, 5.41) is 6.69. The third-order valence-corrected chi connectivity index (χ3v) is 5.33. The van der Waals surface area contributed by atoms with Crippen molar-refractivity contribution >= 4 is 56.4 Å². The highest BCUT2D eigenvalue weighted by Crippen LogP contribution is 2.27. The zero-order valence-corrected chi connectivity index (χ0v) is 16.1. The lowest BCUT2D eigenvalue weighted by Crippen LogP contribution is -2.18. The summed E-state index contributed by atoms with van der Waals surface area (Å²) >= 11 is 11.9. The summed E-state index contributed by atoms with van der Waals surface area (Å²) in [5.74, 6) is 0.701. The van der Waals surface area contributed by atoms with Crippen molar-refractivity contribution in [2.24, 2.45) is 0 Å². The fourth-order valence-corrected chi connectivity index (χ4v) is 3.52. The lowest BCUT2D eigenvalue weighted by molar-refractivity contribution is 0.598. The molecule has 1 aromatic carbocycles. The molecule has 1 aromatic heterocycles. The molecule has 0 bridgehead atoms. The van der Waals surface area contributed by atoms with Crippen LogP contribution in [0.1, 0.15) is 19.8 Å². The minimum Gasteiger partial charge on any atom is -0.371 e. The predicted molar refractivity (Wildman–Crippen MR) is 104 cm³/mol. The standard InChI is InChI=1S/C15H19Cl2N5O2S/c1-3-4-7-25(23,24)22-13-9-19-15(21-14(13)18-2)20-10-5-6-11(16)12(17)8-10/h5-6,8-9,22H,3-4,7H2,1-2H3,(H2,18,19,20,21). The smallest absolute Gasteiger partial charge is 0.232 e. The molecule has 7 nitrogen and oxygen atoms in total. The molecule has 0 unspecified atom stereocenters. The van der Waals surface area contributed by atoms with Gasteiger partial charge in [-0.15, -0.1) is 0 Å². The summed E-state index contributed by atoms with van der Waals surface area (Å²) in [6.07, 6.45) is 2.78. The molecule has 0 amide bonds. The van der Waals surface area contributed by atoms with Gasteiger partial charge in [-0.2, -0.15) is 4.98 Å². The highest BCUT2D eigenvalue weighted by atomic mass is 35.5. The Labute approximate surface area is 157 Å². The van der Waals surface area contributed by atoms with Crippen molar-refractivity contribution in [3.05, 3.63) is 34.4 Å². The average Bonchev–Trinajstić information content (AvgIpc) is 2.57. The van der Waals surface area contributed by atoms with Crippen LogP contribution in [0.5, 0.6) is 0 Å².